The van der Waals surface area contributed by atoms with Crippen LogP contribution in [0.4, 0.5) is 11.4 Å². The Balaban J connectivity index is 2.43. The van der Waals surface area contributed by atoms with E-state index in [2.05, 4.69) is 4.99 Å². The Morgan fingerprint density at radius 2 is 1.92 bits per heavy atom. The average Bonchev–Trinajstić information content (AvgIpc) is 2.51. The van der Waals surface area contributed by atoms with Crippen LogP contribution in [-0.4, -0.2) is 21.5 Å². The van der Waals surface area contributed by atoms with Crippen molar-refractivity contribution in [2.45, 2.75) is 52.9 Å². The Kier molecular flexibility index (Phi) is 5.72. The van der Waals surface area contributed by atoms with Crippen molar-refractivity contribution in [3.05, 3.63) is 45.7 Å². The van der Waals surface area contributed by atoms with Gasteiger partial charge >= 0.3 is 0 Å². The van der Waals surface area contributed by atoms with E-state index in [9.17, 15) is 20.0 Å². The Morgan fingerprint density at radius 3 is 2.48 bits per heavy atom. The molecule has 6 nitrogen and oxygen atoms in total. The van der Waals surface area contributed by atoms with Gasteiger partial charge in [0, 0.05) is 25.0 Å². The number of carbonyl (C=O) groups is 1. The summed E-state index contributed by atoms with van der Waals surface area (Å²) in [6.07, 6.45) is 3.12. The fraction of sp³-hybridized carbons (Fsp3) is 0.474. The lowest BCUT2D eigenvalue weighted by molar-refractivity contribution is -0.384. The van der Waals surface area contributed by atoms with Gasteiger partial charge in [0.2, 0.25) is 0 Å². The molecule has 0 radical (unpaired) electrons. The minimum Gasteiger partial charge on any atom is -0.511 e. The molecule has 0 spiro atoms. The van der Waals surface area contributed by atoms with E-state index in [1.165, 1.54) is 12.1 Å². The standard InChI is InChI=1S/C19H24N2O4/c1-4-5-6-16(22)18-15(11-19(2,3)12-17(18)23)20-13-7-9-14(10-8-13)21(24)25/h7-10,22H,4-6,11-12H2,1-3H3/b18-16-,20-15?. The van der Waals surface area contributed by atoms with Gasteiger partial charge in [-0.2, -0.15) is 0 Å². The molecule has 1 fully saturated rings. The van der Waals surface area contributed by atoms with E-state index >= 15 is 0 Å². The van der Waals surface area contributed by atoms with Crippen LogP contribution in [-0.2, 0) is 4.79 Å². The maximum absolute atomic E-state index is 12.6. The molecule has 1 aliphatic carbocycles. The SMILES string of the molecule is CCCC/C(O)=C1/C(=O)CC(C)(C)CC1=Nc1ccc([N+](=O)[O-])cc1. The third-order valence-corrected chi connectivity index (χ3v) is 4.23. The van der Waals surface area contributed by atoms with Gasteiger partial charge in [-0.3, -0.25) is 19.9 Å². The Bertz CT molecular complexity index is 730. The van der Waals surface area contributed by atoms with Gasteiger partial charge in [0.15, 0.2) is 5.78 Å². The number of aliphatic hydroxyl groups is 1. The van der Waals surface area contributed by atoms with Gasteiger partial charge < -0.3 is 5.11 Å². The molecular formula is C19H24N2O4. The molecule has 1 aromatic rings. The molecule has 0 bridgehead atoms. The van der Waals surface area contributed by atoms with Gasteiger partial charge in [-0.05, 0) is 30.4 Å². The van der Waals surface area contributed by atoms with E-state index in [0.717, 1.165) is 12.8 Å². The second kappa shape index (κ2) is 7.59. The van der Waals surface area contributed by atoms with E-state index in [-0.39, 0.29) is 22.6 Å². The van der Waals surface area contributed by atoms with Crippen LogP contribution in [0.3, 0.4) is 0 Å². The zero-order valence-electron chi connectivity index (χ0n) is 14.9. The molecule has 1 aromatic carbocycles. The van der Waals surface area contributed by atoms with Gasteiger partial charge in [0.05, 0.1) is 21.9 Å². The van der Waals surface area contributed by atoms with Crippen molar-refractivity contribution in [3.8, 4) is 0 Å². The van der Waals surface area contributed by atoms with Gasteiger partial charge in [-0.15, -0.1) is 0 Å². The Hall–Kier alpha value is -2.50. The molecule has 0 heterocycles. The number of allylic oxidation sites excluding steroid dienone is 2. The number of nitro groups is 1. The first kappa shape index (κ1) is 18.8. The van der Waals surface area contributed by atoms with Gasteiger partial charge in [0.25, 0.3) is 5.69 Å². The number of carbonyl (C=O) groups excluding carboxylic acids is 1. The molecule has 1 aliphatic rings. The number of rotatable bonds is 5. The average molecular weight is 344 g/mol. The summed E-state index contributed by atoms with van der Waals surface area (Å²) in [6.45, 7) is 6.02. The van der Waals surface area contributed by atoms with Crippen LogP contribution in [0.15, 0.2) is 40.6 Å². The molecule has 2 rings (SSSR count). The highest BCUT2D eigenvalue weighted by atomic mass is 16.6. The largest absolute Gasteiger partial charge is 0.511 e. The molecule has 0 saturated heterocycles. The fourth-order valence-corrected chi connectivity index (χ4v) is 2.99. The number of benzene rings is 1. The summed E-state index contributed by atoms with van der Waals surface area (Å²) in [5.41, 5.74) is 1.18. The van der Waals surface area contributed by atoms with Crippen molar-refractivity contribution >= 4 is 22.9 Å². The minimum atomic E-state index is -0.466. The maximum atomic E-state index is 12.6. The third kappa shape index (κ3) is 4.75. The zero-order valence-corrected chi connectivity index (χ0v) is 14.9. The second-order valence-corrected chi connectivity index (χ2v) is 7.20. The first-order valence-corrected chi connectivity index (χ1v) is 8.51. The Morgan fingerprint density at radius 1 is 1.28 bits per heavy atom. The highest BCUT2D eigenvalue weighted by Gasteiger charge is 2.36. The number of hydrogen-bond donors (Lipinski definition) is 1. The molecule has 1 N–H and O–H groups in total. The molecule has 1 saturated carbocycles. The van der Waals surface area contributed by atoms with E-state index < -0.39 is 4.92 Å². The predicted molar refractivity (Wildman–Crippen MR) is 97.4 cm³/mol. The van der Waals surface area contributed by atoms with Crippen LogP contribution in [0.5, 0.6) is 0 Å². The summed E-state index contributed by atoms with van der Waals surface area (Å²) in [5, 5.41) is 21.2. The van der Waals surface area contributed by atoms with Gasteiger partial charge in [-0.25, -0.2) is 0 Å². The molecule has 0 aromatic heterocycles. The summed E-state index contributed by atoms with van der Waals surface area (Å²) in [7, 11) is 0. The molecule has 0 unspecified atom stereocenters. The van der Waals surface area contributed by atoms with Gasteiger partial charge in [0.1, 0.15) is 5.76 Å². The lowest BCUT2D eigenvalue weighted by Crippen LogP contribution is -2.32. The smallest absolute Gasteiger partial charge is 0.269 e. The normalized spacial score (nSPS) is 20.6. The fourth-order valence-electron chi connectivity index (χ4n) is 2.99. The number of nitro benzene ring substituents is 1. The predicted octanol–water partition coefficient (Wildman–Crippen LogP) is 5.06. The monoisotopic (exact) mass is 344 g/mol. The van der Waals surface area contributed by atoms with Crippen LogP contribution in [0.2, 0.25) is 0 Å². The lowest BCUT2D eigenvalue weighted by atomic mass is 9.73. The van der Waals surface area contributed by atoms with Crippen molar-refractivity contribution in [2.75, 3.05) is 0 Å². The number of ketones is 1. The van der Waals surface area contributed by atoms with Crippen molar-refractivity contribution in [1.29, 1.82) is 0 Å². The number of hydrogen-bond acceptors (Lipinski definition) is 5. The molecule has 0 atom stereocenters. The summed E-state index contributed by atoms with van der Waals surface area (Å²) < 4.78 is 0. The number of unbranched alkanes of at least 4 members (excludes halogenated alkanes) is 1. The molecular weight excluding hydrogens is 320 g/mol. The summed E-state index contributed by atoms with van der Waals surface area (Å²) in [5.74, 6) is 0.00789. The molecule has 6 heteroatoms. The number of non-ortho nitro benzene ring substituents is 1. The number of aliphatic imine (C=N–C) groups is 1. The maximum Gasteiger partial charge on any atom is 0.269 e. The van der Waals surface area contributed by atoms with E-state index in [4.69, 9.17) is 0 Å². The van der Waals surface area contributed by atoms with Crippen LogP contribution in [0, 0.1) is 15.5 Å². The topological polar surface area (TPSA) is 92.8 Å². The summed E-state index contributed by atoms with van der Waals surface area (Å²) in [4.78, 5) is 27.4. The Labute approximate surface area is 147 Å². The quantitative estimate of drug-likeness (QED) is 0.350. The van der Waals surface area contributed by atoms with Crippen LogP contribution in [0.25, 0.3) is 0 Å². The van der Waals surface area contributed by atoms with Gasteiger partial charge in [-0.1, -0.05) is 27.2 Å². The van der Waals surface area contributed by atoms with E-state index in [1.807, 2.05) is 20.8 Å². The number of aliphatic hydroxyl groups excluding tert-OH is 1. The van der Waals surface area contributed by atoms with E-state index in [1.54, 1.807) is 12.1 Å². The lowest BCUT2D eigenvalue weighted by Gasteiger charge is -2.31. The zero-order chi connectivity index (χ0) is 18.6. The molecule has 0 amide bonds. The highest BCUT2D eigenvalue weighted by molar-refractivity contribution is 6.25. The first-order valence-electron chi connectivity index (χ1n) is 8.51. The molecule has 25 heavy (non-hydrogen) atoms. The number of nitrogens with zero attached hydrogens (tertiary/aromatic N) is 2. The van der Waals surface area contributed by atoms with Crippen molar-refractivity contribution in [2.24, 2.45) is 10.4 Å². The second-order valence-electron chi connectivity index (χ2n) is 7.20. The van der Waals surface area contributed by atoms with Crippen LogP contribution < -0.4 is 0 Å². The van der Waals surface area contributed by atoms with Crippen molar-refractivity contribution in [3.63, 3.8) is 0 Å². The first-order chi connectivity index (χ1) is 11.7. The van der Waals surface area contributed by atoms with Crippen LogP contribution in [0.1, 0.15) is 52.9 Å². The highest BCUT2D eigenvalue weighted by Crippen LogP contribution is 2.37. The molecule has 0 aliphatic heterocycles. The molecule has 134 valence electrons. The van der Waals surface area contributed by atoms with Crippen molar-refractivity contribution < 1.29 is 14.8 Å². The minimum absolute atomic E-state index is 0.00874. The number of Topliss-reactive ketones (excluding diaryl/α,β-unsaturated/α-hetero) is 1. The van der Waals surface area contributed by atoms with E-state index in [0.29, 0.717) is 36.2 Å². The summed E-state index contributed by atoms with van der Waals surface area (Å²) >= 11 is 0. The summed E-state index contributed by atoms with van der Waals surface area (Å²) in [6, 6.07) is 5.88. The van der Waals surface area contributed by atoms with Crippen molar-refractivity contribution in [1.82, 2.24) is 0 Å². The third-order valence-electron chi connectivity index (χ3n) is 4.23. The van der Waals surface area contributed by atoms with Crippen LogP contribution >= 0.6 is 0 Å².